The third kappa shape index (κ3) is 1.99. The molecule has 2 heterocycles. The predicted octanol–water partition coefficient (Wildman–Crippen LogP) is 2.32. The third-order valence-electron chi connectivity index (χ3n) is 3.52. The van der Waals surface area contributed by atoms with Crippen LogP contribution in [0.4, 0.5) is 5.69 Å². The lowest BCUT2D eigenvalue weighted by Crippen LogP contribution is -2.42. The summed E-state index contributed by atoms with van der Waals surface area (Å²) in [4.78, 5) is 12.3. The quantitative estimate of drug-likeness (QED) is 0.848. The van der Waals surface area contributed by atoms with E-state index in [9.17, 15) is 4.79 Å². The summed E-state index contributed by atoms with van der Waals surface area (Å²) in [5.41, 5.74) is 0.684. The van der Waals surface area contributed by atoms with Crippen molar-refractivity contribution in [1.29, 1.82) is 0 Å². The first-order valence-electron chi connectivity index (χ1n) is 5.69. The van der Waals surface area contributed by atoms with Crippen LogP contribution in [0.1, 0.15) is 20.3 Å². The van der Waals surface area contributed by atoms with Crippen molar-refractivity contribution < 1.29 is 4.79 Å². The van der Waals surface area contributed by atoms with Gasteiger partial charge in [-0.05, 0) is 30.3 Å². The third-order valence-corrected chi connectivity index (χ3v) is 4.21. The Labute approximate surface area is 100 Å². The van der Waals surface area contributed by atoms with E-state index in [2.05, 4.69) is 24.5 Å². The van der Waals surface area contributed by atoms with Crippen LogP contribution in [0.15, 0.2) is 16.8 Å². The van der Waals surface area contributed by atoms with E-state index in [1.807, 2.05) is 16.8 Å². The molecule has 0 aliphatic carbocycles. The van der Waals surface area contributed by atoms with Crippen molar-refractivity contribution in [2.45, 2.75) is 20.3 Å². The van der Waals surface area contributed by atoms with Crippen LogP contribution in [-0.2, 0) is 4.79 Å². The molecular formula is C12H18N2OS. The molecule has 0 spiro atoms. The zero-order valence-corrected chi connectivity index (χ0v) is 10.6. The van der Waals surface area contributed by atoms with Crippen LogP contribution in [0, 0.1) is 11.3 Å². The van der Waals surface area contributed by atoms with Crippen molar-refractivity contribution in [2.24, 2.45) is 11.3 Å². The second kappa shape index (κ2) is 4.55. The van der Waals surface area contributed by atoms with Gasteiger partial charge in [0, 0.05) is 11.9 Å². The fraction of sp³-hybridized carbons (Fsp3) is 0.583. The number of anilines is 1. The molecule has 1 saturated heterocycles. The van der Waals surface area contributed by atoms with Crippen molar-refractivity contribution in [3.05, 3.63) is 16.8 Å². The summed E-state index contributed by atoms with van der Waals surface area (Å²) in [7, 11) is 0. The average Bonchev–Trinajstić information content (AvgIpc) is 2.87. The summed E-state index contributed by atoms with van der Waals surface area (Å²) in [5.74, 6) is 0.520. The SMILES string of the molecule is CC(C)C1(C(=O)Nc2ccsc2)CCNC1. The first-order valence-corrected chi connectivity index (χ1v) is 6.64. The Kier molecular flexibility index (Phi) is 3.30. The van der Waals surface area contributed by atoms with Crippen LogP contribution in [0.2, 0.25) is 0 Å². The van der Waals surface area contributed by atoms with Gasteiger partial charge in [0.05, 0.1) is 11.1 Å². The molecular weight excluding hydrogens is 220 g/mol. The summed E-state index contributed by atoms with van der Waals surface area (Å²) >= 11 is 1.60. The lowest BCUT2D eigenvalue weighted by molar-refractivity contribution is -0.126. The molecule has 1 atom stereocenters. The molecule has 0 aromatic carbocycles. The second-order valence-electron chi connectivity index (χ2n) is 4.70. The molecule has 0 radical (unpaired) electrons. The topological polar surface area (TPSA) is 41.1 Å². The van der Waals surface area contributed by atoms with Crippen LogP contribution >= 0.6 is 11.3 Å². The minimum absolute atomic E-state index is 0.158. The fourth-order valence-electron chi connectivity index (χ4n) is 2.25. The molecule has 1 aliphatic heterocycles. The molecule has 1 unspecified atom stereocenters. The second-order valence-corrected chi connectivity index (χ2v) is 5.48. The molecule has 0 bridgehead atoms. The molecule has 1 aliphatic rings. The number of hydrogen-bond donors (Lipinski definition) is 2. The first-order chi connectivity index (χ1) is 7.65. The molecule has 2 N–H and O–H groups in total. The van der Waals surface area contributed by atoms with Crippen LogP contribution < -0.4 is 10.6 Å². The molecule has 1 fully saturated rings. The number of carbonyl (C=O) groups is 1. The highest BCUT2D eigenvalue weighted by Crippen LogP contribution is 2.35. The Hall–Kier alpha value is -0.870. The van der Waals surface area contributed by atoms with E-state index in [4.69, 9.17) is 0 Å². The van der Waals surface area contributed by atoms with Crippen molar-refractivity contribution >= 4 is 22.9 Å². The van der Waals surface area contributed by atoms with Gasteiger partial charge in [-0.2, -0.15) is 11.3 Å². The van der Waals surface area contributed by atoms with E-state index >= 15 is 0 Å². The average molecular weight is 238 g/mol. The smallest absolute Gasteiger partial charge is 0.232 e. The van der Waals surface area contributed by atoms with Crippen LogP contribution in [0.5, 0.6) is 0 Å². The molecule has 88 valence electrons. The number of hydrogen-bond acceptors (Lipinski definition) is 3. The molecule has 2 rings (SSSR count). The van der Waals surface area contributed by atoms with Gasteiger partial charge in [0.25, 0.3) is 0 Å². The maximum Gasteiger partial charge on any atom is 0.232 e. The molecule has 3 nitrogen and oxygen atoms in total. The van der Waals surface area contributed by atoms with Crippen LogP contribution in [0.3, 0.4) is 0 Å². The van der Waals surface area contributed by atoms with E-state index in [1.54, 1.807) is 11.3 Å². The van der Waals surface area contributed by atoms with E-state index in [0.717, 1.165) is 25.2 Å². The first kappa shape index (κ1) is 11.6. The van der Waals surface area contributed by atoms with Gasteiger partial charge in [-0.1, -0.05) is 13.8 Å². The van der Waals surface area contributed by atoms with Gasteiger partial charge in [0.2, 0.25) is 5.91 Å². The van der Waals surface area contributed by atoms with Gasteiger partial charge >= 0.3 is 0 Å². The largest absolute Gasteiger partial charge is 0.325 e. The van der Waals surface area contributed by atoms with Crippen molar-refractivity contribution in [2.75, 3.05) is 18.4 Å². The zero-order chi connectivity index (χ0) is 11.6. The lowest BCUT2D eigenvalue weighted by Gasteiger charge is -2.30. The number of carbonyl (C=O) groups excluding carboxylic acids is 1. The molecule has 0 saturated carbocycles. The van der Waals surface area contributed by atoms with Crippen LogP contribution in [0.25, 0.3) is 0 Å². The monoisotopic (exact) mass is 238 g/mol. The normalized spacial score (nSPS) is 24.9. The number of amides is 1. The highest BCUT2D eigenvalue weighted by Gasteiger charge is 2.43. The molecule has 1 aromatic heterocycles. The predicted molar refractivity (Wildman–Crippen MR) is 67.7 cm³/mol. The van der Waals surface area contributed by atoms with Crippen molar-refractivity contribution in [3.8, 4) is 0 Å². The molecule has 4 heteroatoms. The van der Waals surface area contributed by atoms with Gasteiger partial charge in [0.1, 0.15) is 0 Å². The Balaban J connectivity index is 2.12. The summed E-state index contributed by atoms with van der Waals surface area (Å²) < 4.78 is 0. The number of rotatable bonds is 3. The summed E-state index contributed by atoms with van der Waals surface area (Å²) in [5, 5.41) is 10.3. The van der Waals surface area contributed by atoms with E-state index in [1.165, 1.54) is 0 Å². The van der Waals surface area contributed by atoms with E-state index < -0.39 is 0 Å². The van der Waals surface area contributed by atoms with E-state index in [-0.39, 0.29) is 11.3 Å². The van der Waals surface area contributed by atoms with Crippen molar-refractivity contribution in [1.82, 2.24) is 5.32 Å². The summed E-state index contributed by atoms with van der Waals surface area (Å²) in [6.45, 7) is 5.98. The number of nitrogens with one attached hydrogen (secondary N) is 2. The van der Waals surface area contributed by atoms with Gasteiger partial charge in [0.15, 0.2) is 0 Å². The Morgan fingerprint density at radius 3 is 2.94 bits per heavy atom. The molecule has 1 amide bonds. The summed E-state index contributed by atoms with van der Waals surface area (Å²) in [6, 6.07) is 1.94. The Morgan fingerprint density at radius 2 is 2.44 bits per heavy atom. The Morgan fingerprint density at radius 1 is 1.62 bits per heavy atom. The minimum Gasteiger partial charge on any atom is -0.325 e. The van der Waals surface area contributed by atoms with Gasteiger partial charge in [-0.15, -0.1) is 0 Å². The Bertz CT molecular complexity index is 353. The molecule has 1 aromatic rings. The fourth-order valence-corrected chi connectivity index (χ4v) is 2.84. The lowest BCUT2D eigenvalue weighted by atomic mass is 9.75. The maximum atomic E-state index is 12.3. The highest BCUT2D eigenvalue weighted by atomic mass is 32.1. The van der Waals surface area contributed by atoms with Gasteiger partial charge in [-0.3, -0.25) is 4.79 Å². The zero-order valence-electron chi connectivity index (χ0n) is 9.75. The standard InChI is InChI=1S/C12H18N2OS/c1-9(2)12(4-5-13-8-12)11(15)14-10-3-6-16-7-10/h3,6-7,9,13H,4-5,8H2,1-2H3,(H,14,15). The van der Waals surface area contributed by atoms with Gasteiger partial charge in [-0.25, -0.2) is 0 Å². The highest BCUT2D eigenvalue weighted by molar-refractivity contribution is 7.08. The van der Waals surface area contributed by atoms with E-state index in [0.29, 0.717) is 5.92 Å². The minimum atomic E-state index is -0.234. The van der Waals surface area contributed by atoms with Crippen molar-refractivity contribution in [3.63, 3.8) is 0 Å². The molecule has 16 heavy (non-hydrogen) atoms. The number of thiophene rings is 1. The van der Waals surface area contributed by atoms with Crippen LogP contribution in [-0.4, -0.2) is 19.0 Å². The van der Waals surface area contributed by atoms with Gasteiger partial charge < -0.3 is 10.6 Å². The summed E-state index contributed by atoms with van der Waals surface area (Å²) in [6.07, 6.45) is 0.931. The maximum absolute atomic E-state index is 12.3.